The predicted molar refractivity (Wildman–Crippen MR) is 120 cm³/mol. The number of ether oxygens (including phenoxy) is 2. The Balaban J connectivity index is 1.34. The van der Waals surface area contributed by atoms with Gasteiger partial charge >= 0.3 is 0 Å². The van der Waals surface area contributed by atoms with Crippen molar-refractivity contribution in [3.8, 4) is 0 Å². The molecule has 32 heavy (non-hydrogen) atoms. The minimum absolute atomic E-state index is 0.0224. The third-order valence-corrected chi connectivity index (χ3v) is 11.8. The molecule has 6 aliphatic rings. The van der Waals surface area contributed by atoms with Gasteiger partial charge in [-0.1, -0.05) is 27.7 Å². The van der Waals surface area contributed by atoms with Gasteiger partial charge in [0.05, 0.1) is 18.8 Å². The van der Waals surface area contributed by atoms with E-state index in [1.54, 1.807) is 0 Å². The number of rotatable bonds is 0. The summed E-state index contributed by atoms with van der Waals surface area (Å²) in [6, 6.07) is 0. The monoisotopic (exact) mass is 446 g/mol. The summed E-state index contributed by atoms with van der Waals surface area (Å²) in [7, 11) is 0. The zero-order valence-electron chi connectivity index (χ0n) is 20.3. The topological polar surface area (TPSA) is 76.0 Å². The van der Waals surface area contributed by atoms with E-state index in [2.05, 4.69) is 27.7 Å². The van der Waals surface area contributed by atoms with Crippen molar-refractivity contribution in [3.05, 3.63) is 0 Å². The van der Waals surface area contributed by atoms with Crippen LogP contribution >= 0.6 is 0 Å². The van der Waals surface area contributed by atoms with E-state index in [0.717, 1.165) is 58.0 Å². The molecule has 5 nitrogen and oxygen atoms in total. The van der Waals surface area contributed by atoms with Crippen molar-refractivity contribution in [3.63, 3.8) is 0 Å². The molecule has 0 aromatic carbocycles. The number of carbonyl (C=O) groups is 1. The Bertz CT molecular complexity index is 789. The molecule has 0 aromatic heterocycles. The number of fused-ring (bicyclic) bond motifs is 7. The zero-order chi connectivity index (χ0) is 22.6. The van der Waals surface area contributed by atoms with Crippen LogP contribution in [-0.2, 0) is 14.3 Å². The van der Waals surface area contributed by atoms with Crippen molar-refractivity contribution in [2.75, 3.05) is 6.61 Å². The van der Waals surface area contributed by atoms with Crippen LogP contribution in [-0.4, -0.2) is 46.7 Å². The van der Waals surface area contributed by atoms with Crippen LogP contribution in [0.3, 0.4) is 0 Å². The molecule has 5 heteroatoms. The molecule has 2 aliphatic heterocycles. The van der Waals surface area contributed by atoms with Gasteiger partial charge in [0, 0.05) is 29.6 Å². The highest BCUT2D eigenvalue weighted by atomic mass is 16.7. The third-order valence-electron chi connectivity index (χ3n) is 11.8. The first-order valence-electron chi connectivity index (χ1n) is 13.3. The summed E-state index contributed by atoms with van der Waals surface area (Å²) in [5, 5.41) is 21.9. The van der Waals surface area contributed by atoms with Gasteiger partial charge < -0.3 is 19.7 Å². The summed E-state index contributed by atoms with van der Waals surface area (Å²) < 4.78 is 13.1. The fourth-order valence-corrected chi connectivity index (χ4v) is 10.1. The molecule has 0 bridgehead atoms. The van der Waals surface area contributed by atoms with E-state index in [1.165, 1.54) is 0 Å². The molecular weight excluding hydrogens is 404 g/mol. The van der Waals surface area contributed by atoms with Crippen molar-refractivity contribution in [2.24, 2.45) is 52.3 Å². The summed E-state index contributed by atoms with van der Waals surface area (Å²) in [6.45, 7) is 9.67. The van der Waals surface area contributed by atoms with Crippen molar-refractivity contribution < 1.29 is 24.5 Å². The maximum Gasteiger partial charge on any atom is 0.171 e. The van der Waals surface area contributed by atoms with Gasteiger partial charge in [-0.3, -0.25) is 4.79 Å². The molecular formula is C27H42O5. The Labute approximate surface area is 192 Å². The number of carbonyl (C=O) groups excluding carboxylic acids is 1. The summed E-state index contributed by atoms with van der Waals surface area (Å²) in [5.74, 6) is 1.47. The standard InChI is InChI=1S/C27H42O5/c1-14-7-10-27(31-13-14)15(2)21-20(32-27)12-19-18-6-5-16-11-17(28)8-9-25(16,3)22(18)23(29)24(30)26(19,21)4/h14-23,28-29H,5-13H2,1-4H3/t14-,15+,16+,17+,18+,19+,20+,21+,22-,23-,25+,26+,27-/m1/s1. The molecule has 1 spiro atoms. The van der Waals surface area contributed by atoms with E-state index < -0.39 is 17.3 Å². The Kier molecular flexibility index (Phi) is 4.83. The fourth-order valence-electron chi connectivity index (χ4n) is 10.1. The van der Waals surface area contributed by atoms with Gasteiger partial charge in [-0.25, -0.2) is 0 Å². The van der Waals surface area contributed by atoms with Gasteiger partial charge in [-0.2, -0.15) is 0 Å². The Morgan fingerprint density at radius 2 is 1.75 bits per heavy atom. The molecule has 6 rings (SSSR count). The molecule has 2 N–H and O–H groups in total. The maximum absolute atomic E-state index is 14.1. The molecule has 4 saturated carbocycles. The quantitative estimate of drug-likeness (QED) is 0.589. The normalized spacial score (nSPS) is 61.8. The van der Waals surface area contributed by atoms with E-state index in [0.29, 0.717) is 17.8 Å². The van der Waals surface area contributed by atoms with Gasteiger partial charge in [0.2, 0.25) is 0 Å². The highest BCUT2D eigenvalue weighted by Crippen LogP contribution is 2.70. The van der Waals surface area contributed by atoms with Crippen LogP contribution < -0.4 is 0 Å². The first-order valence-corrected chi connectivity index (χ1v) is 13.3. The number of Topliss-reactive ketones (excluding diaryl/α,β-unsaturated/α-hetero) is 1. The second kappa shape index (κ2) is 7.02. The van der Waals surface area contributed by atoms with Gasteiger partial charge in [-0.15, -0.1) is 0 Å². The minimum Gasteiger partial charge on any atom is -0.393 e. The van der Waals surface area contributed by atoms with Gasteiger partial charge in [-0.05, 0) is 74.0 Å². The van der Waals surface area contributed by atoms with Gasteiger partial charge in [0.25, 0.3) is 0 Å². The predicted octanol–water partition coefficient (Wildman–Crippen LogP) is 3.94. The van der Waals surface area contributed by atoms with Crippen LogP contribution in [0.25, 0.3) is 0 Å². The Hall–Kier alpha value is -0.490. The average Bonchev–Trinajstić information content (AvgIpc) is 3.20. The minimum atomic E-state index is -0.890. The molecule has 0 radical (unpaired) electrons. The van der Waals surface area contributed by atoms with Gasteiger partial charge in [0.15, 0.2) is 11.6 Å². The zero-order valence-corrected chi connectivity index (χ0v) is 20.3. The van der Waals surface area contributed by atoms with E-state index >= 15 is 0 Å². The van der Waals surface area contributed by atoms with Crippen molar-refractivity contribution in [2.45, 2.75) is 103 Å². The Morgan fingerprint density at radius 3 is 2.47 bits per heavy atom. The second-order valence-corrected chi connectivity index (χ2v) is 13.1. The lowest BCUT2D eigenvalue weighted by atomic mass is 9.43. The van der Waals surface area contributed by atoms with E-state index in [1.807, 2.05) is 0 Å². The molecule has 180 valence electrons. The average molecular weight is 447 g/mol. The number of hydrogen-bond donors (Lipinski definition) is 2. The first-order chi connectivity index (χ1) is 15.1. The smallest absolute Gasteiger partial charge is 0.171 e. The highest BCUT2D eigenvalue weighted by molar-refractivity contribution is 5.91. The number of ketones is 1. The largest absolute Gasteiger partial charge is 0.393 e. The maximum atomic E-state index is 14.1. The molecule has 2 heterocycles. The molecule has 4 aliphatic carbocycles. The lowest BCUT2D eigenvalue weighted by Gasteiger charge is -2.61. The van der Waals surface area contributed by atoms with Crippen LogP contribution in [0.2, 0.25) is 0 Å². The summed E-state index contributed by atoms with van der Waals surface area (Å²) in [6.07, 6.45) is 6.60. The third kappa shape index (κ3) is 2.63. The fraction of sp³-hybridized carbons (Fsp3) is 0.963. The first kappa shape index (κ1) is 22.0. The second-order valence-electron chi connectivity index (χ2n) is 13.1. The van der Waals surface area contributed by atoms with Crippen molar-refractivity contribution in [1.82, 2.24) is 0 Å². The summed E-state index contributed by atoms with van der Waals surface area (Å²) in [4.78, 5) is 14.1. The van der Waals surface area contributed by atoms with E-state index in [-0.39, 0.29) is 47.1 Å². The highest BCUT2D eigenvalue weighted by Gasteiger charge is 2.73. The van der Waals surface area contributed by atoms with Gasteiger partial charge in [0.1, 0.15) is 6.10 Å². The van der Waals surface area contributed by atoms with E-state index in [4.69, 9.17) is 9.47 Å². The van der Waals surface area contributed by atoms with Crippen LogP contribution in [0.1, 0.15) is 79.1 Å². The number of aliphatic hydroxyl groups excluding tert-OH is 2. The Morgan fingerprint density at radius 1 is 0.969 bits per heavy atom. The van der Waals surface area contributed by atoms with Crippen LogP contribution in [0, 0.1) is 52.3 Å². The molecule has 0 amide bonds. The summed E-state index contributed by atoms with van der Waals surface area (Å²) in [5.41, 5.74) is -0.579. The molecule has 0 unspecified atom stereocenters. The van der Waals surface area contributed by atoms with Crippen molar-refractivity contribution in [1.29, 1.82) is 0 Å². The van der Waals surface area contributed by atoms with Crippen molar-refractivity contribution >= 4 is 5.78 Å². The number of aliphatic hydroxyl groups is 2. The van der Waals surface area contributed by atoms with Crippen LogP contribution in [0.5, 0.6) is 0 Å². The van der Waals surface area contributed by atoms with E-state index in [9.17, 15) is 15.0 Å². The van der Waals surface area contributed by atoms with Crippen LogP contribution in [0.4, 0.5) is 0 Å². The van der Waals surface area contributed by atoms with Crippen LogP contribution in [0.15, 0.2) is 0 Å². The SMILES string of the molecule is C[C@@H]1CC[C@@]2(OC1)O[C@H]1C[C@H]3[C@@H]4CC[C@H]5C[C@@H](O)CC[C@]5(C)[C@H]4[C@@H](O)C(=O)[C@]3(C)[C@H]1[C@@H]2C. The molecule has 13 atom stereocenters. The lowest BCUT2D eigenvalue weighted by molar-refractivity contribution is -0.273. The number of hydrogen-bond acceptors (Lipinski definition) is 5. The lowest BCUT2D eigenvalue weighted by Crippen LogP contribution is -2.64. The molecule has 2 saturated heterocycles. The summed E-state index contributed by atoms with van der Waals surface area (Å²) >= 11 is 0. The molecule has 6 fully saturated rings. The molecule has 0 aromatic rings.